The molecule has 0 unspecified atom stereocenters. The summed E-state index contributed by atoms with van der Waals surface area (Å²) in [5.74, 6) is -0.728. The maximum atomic E-state index is 12.8. The van der Waals surface area contributed by atoms with Crippen LogP contribution >= 0.6 is 11.8 Å². The lowest BCUT2D eigenvalue weighted by Gasteiger charge is -2.18. The summed E-state index contributed by atoms with van der Waals surface area (Å²) >= 11 is 1.29. The molecule has 160 valence electrons. The van der Waals surface area contributed by atoms with E-state index in [-0.39, 0.29) is 22.2 Å². The number of fused-ring (bicyclic) bond motifs is 1. The number of benzene rings is 2. The van der Waals surface area contributed by atoms with Crippen molar-refractivity contribution in [1.82, 2.24) is 0 Å². The fourth-order valence-corrected chi connectivity index (χ4v) is 4.99. The summed E-state index contributed by atoms with van der Waals surface area (Å²) in [5.41, 5.74) is -0.610. The highest BCUT2D eigenvalue weighted by Crippen LogP contribution is 2.34. The van der Waals surface area contributed by atoms with Crippen LogP contribution in [0.1, 0.15) is 18.9 Å². The van der Waals surface area contributed by atoms with E-state index in [1.165, 1.54) is 36.9 Å². The van der Waals surface area contributed by atoms with Gasteiger partial charge in [-0.15, -0.1) is 11.8 Å². The summed E-state index contributed by atoms with van der Waals surface area (Å²) in [6.45, 7) is 1.34. The van der Waals surface area contributed by atoms with Crippen LogP contribution in [0.2, 0.25) is 0 Å². The second-order valence-corrected chi connectivity index (χ2v) is 10.1. The van der Waals surface area contributed by atoms with Crippen molar-refractivity contribution in [2.75, 3.05) is 16.4 Å². The molecular weight excluding hydrogens is 441 g/mol. The van der Waals surface area contributed by atoms with Crippen LogP contribution in [0.5, 0.6) is 0 Å². The van der Waals surface area contributed by atoms with Gasteiger partial charge in [0.1, 0.15) is 0 Å². The minimum Gasteiger partial charge on any atom is -0.326 e. The molecule has 6 nitrogen and oxygen atoms in total. The molecule has 1 aliphatic rings. The van der Waals surface area contributed by atoms with Crippen LogP contribution in [0, 0.1) is 0 Å². The molecule has 1 aliphatic heterocycles. The lowest BCUT2D eigenvalue weighted by Crippen LogP contribution is -2.25. The first-order chi connectivity index (χ1) is 14.0. The van der Waals surface area contributed by atoms with E-state index in [0.29, 0.717) is 5.69 Å². The molecule has 11 heteroatoms. The Morgan fingerprint density at radius 1 is 1.23 bits per heavy atom. The van der Waals surface area contributed by atoms with Crippen molar-refractivity contribution in [3.05, 3.63) is 48.0 Å². The van der Waals surface area contributed by atoms with E-state index in [1.54, 1.807) is 6.07 Å². The summed E-state index contributed by atoms with van der Waals surface area (Å²) in [7, 11) is -3.91. The summed E-state index contributed by atoms with van der Waals surface area (Å²) in [6, 6.07) is 8.42. The first-order valence-electron chi connectivity index (χ1n) is 8.74. The van der Waals surface area contributed by atoms with Gasteiger partial charge in [-0.2, -0.15) is 13.2 Å². The monoisotopic (exact) mass is 458 g/mol. The molecule has 1 atom stereocenters. The zero-order valence-corrected chi connectivity index (χ0v) is 17.2. The number of amides is 2. The molecule has 0 radical (unpaired) electrons. The quantitative estimate of drug-likeness (QED) is 0.708. The van der Waals surface area contributed by atoms with E-state index in [4.69, 9.17) is 0 Å². The molecule has 0 saturated carbocycles. The largest absolute Gasteiger partial charge is 0.416 e. The standard InChI is InChI=1S/C19H17F3N2O4S2/c1-11(7-17(25)23-13-4-2-3-12(8-13)19(20,21)22)30(27,28)14-5-6-16-15(9-14)24-18(26)10-29-16/h2-6,8-9,11H,7,10H2,1H3,(H,23,25)(H,24,26)/t11-/m1/s1. The van der Waals surface area contributed by atoms with Gasteiger partial charge in [-0.05, 0) is 43.3 Å². The molecule has 1 heterocycles. The number of alkyl halides is 3. The van der Waals surface area contributed by atoms with E-state index in [9.17, 15) is 31.2 Å². The van der Waals surface area contributed by atoms with Crippen LogP contribution in [-0.4, -0.2) is 31.2 Å². The van der Waals surface area contributed by atoms with Crippen molar-refractivity contribution in [3.63, 3.8) is 0 Å². The second-order valence-electron chi connectivity index (χ2n) is 6.68. The summed E-state index contributed by atoms with van der Waals surface area (Å²) in [5, 5.41) is 3.78. The van der Waals surface area contributed by atoms with E-state index < -0.39 is 39.2 Å². The Bertz CT molecular complexity index is 1100. The van der Waals surface area contributed by atoms with Gasteiger partial charge in [0.2, 0.25) is 11.8 Å². The number of nitrogens with one attached hydrogen (secondary N) is 2. The van der Waals surface area contributed by atoms with Crippen LogP contribution in [0.25, 0.3) is 0 Å². The van der Waals surface area contributed by atoms with Crippen molar-refractivity contribution in [1.29, 1.82) is 0 Å². The number of thioether (sulfide) groups is 1. The Morgan fingerprint density at radius 3 is 2.67 bits per heavy atom. The lowest BCUT2D eigenvalue weighted by atomic mass is 10.2. The van der Waals surface area contributed by atoms with Crippen LogP contribution in [-0.2, 0) is 25.6 Å². The maximum Gasteiger partial charge on any atom is 0.416 e. The molecular formula is C19H17F3N2O4S2. The number of halogens is 3. The highest BCUT2D eigenvalue weighted by molar-refractivity contribution is 8.00. The number of hydrogen-bond donors (Lipinski definition) is 2. The molecule has 0 fully saturated rings. The fourth-order valence-electron chi connectivity index (χ4n) is 2.83. The van der Waals surface area contributed by atoms with Gasteiger partial charge in [-0.3, -0.25) is 9.59 Å². The third-order valence-corrected chi connectivity index (χ3v) is 7.60. The van der Waals surface area contributed by atoms with Gasteiger partial charge in [0.05, 0.1) is 27.1 Å². The molecule has 3 rings (SSSR count). The van der Waals surface area contributed by atoms with Crippen LogP contribution in [0.4, 0.5) is 24.5 Å². The van der Waals surface area contributed by atoms with Crippen molar-refractivity contribution in [2.24, 2.45) is 0 Å². The second kappa shape index (κ2) is 8.31. The predicted octanol–water partition coefficient (Wildman–Crippen LogP) is 3.94. The van der Waals surface area contributed by atoms with Crippen LogP contribution in [0.3, 0.4) is 0 Å². The third-order valence-electron chi connectivity index (χ3n) is 4.39. The average Bonchev–Trinajstić information content (AvgIpc) is 2.66. The van der Waals surface area contributed by atoms with E-state index in [2.05, 4.69) is 10.6 Å². The minimum atomic E-state index is -4.56. The number of carbonyl (C=O) groups is 2. The Morgan fingerprint density at radius 2 is 1.97 bits per heavy atom. The van der Waals surface area contributed by atoms with E-state index in [0.717, 1.165) is 23.1 Å². The number of anilines is 2. The van der Waals surface area contributed by atoms with Crippen molar-refractivity contribution < 1.29 is 31.2 Å². The topological polar surface area (TPSA) is 92.3 Å². The molecule has 0 bridgehead atoms. The van der Waals surface area contributed by atoms with Gasteiger partial charge in [0.15, 0.2) is 9.84 Å². The summed E-state index contributed by atoms with van der Waals surface area (Å²) < 4.78 is 64.0. The summed E-state index contributed by atoms with van der Waals surface area (Å²) in [4.78, 5) is 24.4. The predicted molar refractivity (Wildman–Crippen MR) is 107 cm³/mol. The number of sulfone groups is 1. The molecule has 0 saturated heterocycles. The molecule has 2 aromatic carbocycles. The van der Waals surface area contributed by atoms with Gasteiger partial charge in [-0.25, -0.2) is 8.42 Å². The van der Waals surface area contributed by atoms with Gasteiger partial charge >= 0.3 is 6.18 Å². The zero-order valence-electron chi connectivity index (χ0n) is 15.6. The van der Waals surface area contributed by atoms with Gasteiger partial charge in [-0.1, -0.05) is 6.07 Å². The van der Waals surface area contributed by atoms with Gasteiger partial charge in [0.25, 0.3) is 0 Å². The lowest BCUT2D eigenvalue weighted by molar-refractivity contribution is -0.137. The number of rotatable bonds is 5. The first kappa shape index (κ1) is 22.2. The van der Waals surface area contributed by atoms with Crippen molar-refractivity contribution in [3.8, 4) is 0 Å². The first-order valence-corrected chi connectivity index (χ1v) is 11.3. The molecule has 0 spiro atoms. The SMILES string of the molecule is C[C@H](CC(=O)Nc1cccc(C(F)(F)F)c1)S(=O)(=O)c1ccc2c(c1)NC(=O)CS2. The minimum absolute atomic E-state index is 0.0524. The van der Waals surface area contributed by atoms with Gasteiger partial charge < -0.3 is 10.6 Å². The zero-order chi connectivity index (χ0) is 22.1. The molecule has 2 amide bonds. The highest BCUT2D eigenvalue weighted by Gasteiger charge is 2.31. The molecule has 0 aromatic heterocycles. The Kier molecular flexibility index (Phi) is 6.14. The molecule has 30 heavy (non-hydrogen) atoms. The Balaban J connectivity index is 1.72. The number of carbonyl (C=O) groups excluding carboxylic acids is 2. The fraction of sp³-hybridized carbons (Fsp3) is 0.263. The summed E-state index contributed by atoms with van der Waals surface area (Å²) in [6.07, 6.45) is -5.01. The molecule has 2 N–H and O–H groups in total. The average molecular weight is 458 g/mol. The third kappa shape index (κ3) is 4.96. The maximum absolute atomic E-state index is 12.8. The normalized spacial score (nSPS) is 15.1. The van der Waals surface area contributed by atoms with E-state index in [1.807, 2.05) is 0 Å². The smallest absolute Gasteiger partial charge is 0.326 e. The van der Waals surface area contributed by atoms with Crippen molar-refractivity contribution in [2.45, 2.75) is 34.6 Å². The van der Waals surface area contributed by atoms with Crippen LogP contribution < -0.4 is 10.6 Å². The van der Waals surface area contributed by atoms with E-state index >= 15 is 0 Å². The Labute approximate surface area is 175 Å². The number of hydrogen-bond acceptors (Lipinski definition) is 5. The van der Waals surface area contributed by atoms with Crippen LogP contribution in [0.15, 0.2) is 52.3 Å². The Hall–Kier alpha value is -2.53. The van der Waals surface area contributed by atoms with Crippen molar-refractivity contribution >= 4 is 44.8 Å². The highest BCUT2D eigenvalue weighted by atomic mass is 32.2. The molecule has 0 aliphatic carbocycles. The molecule has 2 aromatic rings. The van der Waals surface area contributed by atoms with Gasteiger partial charge in [0, 0.05) is 17.0 Å².